The molecule has 0 unspecified atom stereocenters. The van der Waals surface area contributed by atoms with Crippen LogP contribution >= 0.6 is 0 Å². The Bertz CT molecular complexity index is 391. The van der Waals surface area contributed by atoms with Gasteiger partial charge in [0.25, 0.3) is 0 Å². The van der Waals surface area contributed by atoms with Gasteiger partial charge in [-0.25, -0.2) is 4.39 Å². The Balaban J connectivity index is 2.15. The molecule has 4 heteroatoms. The SMILES string of the molecule is CN(c1cc(F)cc(CCN)c1)C1CCOCC1. The zero-order valence-corrected chi connectivity index (χ0v) is 10.9. The summed E-state index contributed by atoms with van der Waals surface area (Å²) in [6.45, 7) is 2.13. The van der Waals surface area contributed by atoms with Crippen molar-refractivity contribution in [3.05, 3.63) is 29.6 Å². The van der Waals surface area contributed by atoms with E-state index in [-0.39, 0.29) is 5.82 Å². The van der Waals surface area contributed by atoms with Gasteiger partial charge in [-0.15, -0.1) is 0 Å². The van der Waals surface area contributed by atoms with E-state index in [0.29, 0.717) is 19.0 Å². The highest BCUT2D eigenvalue weighted by molar-refractivity contribution is 5.49. The van der Waals surface area contributed by atoms with Gasteiger partial charge in [-0.2, -0.15) is 0 Å². The zero-order valence-electron chi connectivity index (χ0n) is 10.9. The first kappa shape index (κ1) is 13.3. The normalized spacial score (nSPS) is 16.8. The lowest BCUT2D eigenvalue weighted by molar-refractivity contribution is 0.0855. The smallest absolute Gasteiger partial charge is 0.125 e. The predicted molar refractivity (Wildman–Crippen MR) is 71.4 cm³/mol. The van der Waals surface area contributed by atoms with E-state index in [1.807, 2.05) is 13.1 Å². The third-order valence-corrected chi connectivity index (χ3v) is 3.52. The summed E-state index contributed by atoms with van der Waals surface area (Å²) >= 11 is 0. The summed E-state index contributed by atoms with van der Waals surface area (Å²) < 4.78 is 18.9. The van der Waals surface area contributed by atoms with Crippen LogP contribution in [0.5, 0.6) is 0 Å². The highest BCUT2D eigenvalue weighted by atomic mass is 19.1. The Morgan fingerprint density at radius 2 is 2.06 bits per heavy atom. The summed E-state index contributed by atoms with van der Waals surface area (Å²) in [4.78, 5) is 2.16. The largest absolute Gasteiger partial charge is 0.381 e. The number of nitrogens with two attached hydrogens (primary N) is 1. The summed E-state index contributed by atoms with van der Waals surface area (Å²) in [5.74, 6) is -0.185. The molecule has 1 aromatic rings. The molecule has 1 saturated heterocycles. The molecule has 0 atom stereocenters. The Morgan fingerprint density at radius 1 is 1.33 bits per heavy atom. The molecule has 1 aromatic carbocycles. The first-order chi connectivity index (χ1) is 8.70. The maximum absolute atomic E-state index is 13.6. The van der Waals surface area contributed by atoms with E-state index >= 15 is 0 Å². The molecule has 0 aliphatic carbocycles. The fourth-order valence-electron chi connectivity index (χ4n) is 2.43. The van der Waals surface area contributed by atoms with Crippen LogP contribution in [0.3, 0.4) is 0 Å². The number of benzene rings is 1. The van der Waals surface area contributed by atoms with Crippen LogP contribution in [-0.4, -0.2) is 32.8 Å². The van der Waals surface area contributed by atoms with Crippen LogP contribution in [0.15, 0.2) is 18.2 Å². The molecular weight excluding hydrogens is 231 g/mol. The molecule has 2 rings (SSSR count). The minimum Gasteiger partial charge on any atom is -0.381 e. The number of halogens is 1. The first-order valence-electron chi connectivity index (χ1n) is 6.51. The van der Waals surface area contributed by atoms with Crippen molar-refractivity contribution >= 4 is 5.69 Å². The van der Waals surface area contributed by atoms with Crippen molar-refractivity contribution < 1.29 is 9.13 Å². The Hall–Kier alpha value is -1.13. The molecule has 0 radical (unpaired) electrons. The van der Waals surface area contributed by atoms with Gasteiger partial charge in [-0.3, -0.25) is 0 Å². The lowest BCUT2D eigenvalue weighted by Crippen LogP contribution is -2.36. The van der Waals surface area contributed by atoms with Gasteiger partial charge >= 0.3 is 0 Å². The molecule has 0 spiro atoms. The zero-order chi connectivity index (χ0) is 13.0. The molecule has 2 N–H and O–H groups in total. The molecule has 1 fully saturated rings. The molecule has 0 bridgehead atoms. The van der Waals surface area contributed by atoms with Crippen LogP contribution in [0, 0.1) is 5.82 Å². The lowest BCUT2D eigenvalue weighted by Gasteiger charge is -2.33. The first-order valence-corrected chi connectivity index (χ1v) is 6.51. The van der Waals surface area contributed by atoms with E-state index in [0.717, 1.165) is 37.3 Å². The van der Waals surface area contributed by atoms with Gasteiger partial charge in [-0.1, -0.05) is 0 Å². The molecule has 0 aromatic heterocycles. The van der Waals surface area contributed by atoms with E-state index < -0.39 is 0 Å². The number of ether oxygens (including phenoxy) is 1. The number of hydrogen-bond acceptors (Lipinski definition) is 3. The maximum atomic E-state index is 13.6. The monoisotopic (exact) mass is 252 g/mol. The van der Waals surface area contributed by atoms with Crippen LogP contribution in [-0.2, 0) is 11.2 Å². The molecule has 1 aliphatic rings. The summed E-state index contributed by atoms with van der Waals surface area (Å²) in [5, 5.41) is 0. The lowest BCUT2D eigenvalue weighted by atomic mass is 10.1. The second-order valence-electron chi connectivity index (χ2n) is 4.81. The van der Waals surface area contributed by atoms with Crippen LogP contribution in [0.25, 0.3) is 0 Å². The average molecular weight is 252 g/mol. The Labute approximate surface area is 108 Å². The topological polar surface area (TPSA) is 38.5 Å². The molecule has 100 valence electrons. The van der Waals surface area contributed by atoms with Gasteiger partial charge in [0, 0.05) is 32.0 Å². The van der Waals surface area contributed by atoms with Gasteiger partial charge in [0.1, 0.15) is 5.82 Å². The predicted octanol–water partition coefficient (Wildman–Crippen LogP) is 1.94. The van der Waals surface area contributed by atoms with Crippen LogP contribution in [0.2, 0.25) is 0 Å². The molecule has 1 heterocycles. The fraction of sp³-hybridized carbons (Fsp3) is 0.571. The highest BCUT2D eigenvalue weighted by Gasteiger charge is 2.19. The van der Waals surface area contributed by atoms with Crippen molar-refractivity contribution in [2.24, 2.45) is 5.73 Å². The Morgan fingerprint density at radius 3 is 2.72 bits per heavy atom. The van der Waals surface area contributed by atoms with Gasteiger partial charge in [-0.05, 0) is 49.6 Å². The van der Waals surface area contributed by atoms with Crippen LogP contribution < -0.4 is 10.6 Å². The molecular formula is C14H21FN2O. The average Bonchev–Trinajstić information content (AvgIpc) is 2.38. The van der Waals surface area contributed by atoms with Crippen molar-refractivity contribution in [1.82, 2.24) is 0 Å². The van der Waals surface area contributed by atoms with Crippen molar-refractivity contribution in [3.8, 4) is 0 Å². The summed E-state index contributed by atoms with van der Waals surface area (Å²) in [6, 6.07) is 5.63. The summed E-state index contributed by atoms with van der Waals surface area (Å²) in [6.07, 6.45) is 2.71. The molecule has 3 nitrogen and oxygen atoms in total. The van der Waals surface area contributed by atoms with Crippen molar-refractivity contribution in [2.45, 2.75) is 25.3 Å². The minimum atomic E-state index is -0.185. The summed E-state index contributed by atoms with van der Waals surface area (Å²) in [5.41, 5.74) is 7.43. The number of rotatable bonds is 4. The van der Waals surface area contributed by atoms with E-state index in [1.54, 1.807) is 12.1 Å². The quantitative estimate of drug-likeness (QED) is 0.890. The van der Waals surface area contributed by atoms with E-state index in [4.69, 9.17) is 10.5 Å². The molecule has 0 amide bonds. The maximum Gasteiger partial charge on any atom is 0.125 e. The molecule has 1 aliphatic heterocycles. The van der Waals surface area contributed by atoms with Crippen LogP contribution in [0.4, 0.5) is 10.1 Å². The van der Waals surface area contributed by atoms with Gasteiger partial charge in [0.2, 0.25) is 0 Å². The highest BCUT2D eigenvalue weighted by Crippen LogP contribution is 2.23. The van der Waals surface area contributed by atoms with Crippen molar-refractivity contribution in [3.63, 3.8) is 0 Å². The van der Waals surface area contributed by atoms with Gasteiger partial charge in [0.15, 0.2) is 0 Å². The third-order valence-electron chi connectivity index (χ3n) is 3.52. The second-order valence-corrected chi connectivity index (χ2v) is 4.81. The van der Waals surface area contributed by atoms with E-state index in [2.05, 4.69) is 4.90 Å². The molecule has 18 heavy (non-hydrogen) atoms. The van der Waals surface area contributed by atoms with E-state index in [1.165, 1.54) is 0 Å². The van der Waals surface area contributed by atoms with Gasteiger partial charge < -0.3 is 15.4 Å². The number of nitrogens with zero attached hydrogens (tertiary/aromatic N) is 1. The third kappa shape index (κ3) is 3.21. The standard InChI is InChI=1S/C14H21FN2O/c1-17(13-3-6-18-7-4-13)14-9-11(2-5-16)8-12(15)10-14/h8-10,13H,2-7,16H2,1H3. The number of anilines is 1. The molecule has 0 saturated carbocycles. The fourth-order valence-corrected chi connectivity index (χ4v) is 2.43. The summed E-state index contributed by atoms with van der Waals surface area (Å²) in [7, 11) is 2.02. The van der Waals surface area contributed by atoms with Gasteiger partial charge in [0.05, 0.1) is 0 Å². The van der Waals surface area contributed by atoms with E-state index in [9.17, 15) is 4.39 Å². The van der Waals surface area contributed by atoms with Crippen LogP contribution in [0.1, 0.15) is 18.4 Å². The number of hydrogen-bond donors (Lipinski definition) is 1. The minimum absolute atomic E-state index is 0.185. The Kier molecular flexibility index (Phi) is 4.55. The van der Waals surface area contributed by atoms with Crippen molar-refractivity contribution in [2.75, 3.05) is 31.7 Å². The van der Waals surface area contributed by atoms with Crippen molar-refractivity contribution in [1.29, 1.82) is 0 Å². The second kappa shape index (κ2) is 6.16.